The van der Waals surface area contributed by atoms with Crippen LogP contribution in [0.3, 0.4) is 0 Å². The zero-order valence-electron chi connectivity index (χ0n) is 14.0. The summed E-state index contributed by atoms with van der Waals surface area (Å²) in [6.07, 6.45) is 1.64. The molecule has 0 fully saturated rings. The van der Waals surface area contributed by atoms with Crippen molar-refractivity contribution in [2.45, 2.75) is 0 Å². The van der Waals surface area contributed by atoms with Crippen LogP contribution in [0.1, 0.15) is 10.4 Å². The molecule has 3 aromatic rings. The molecule has 136 valence electrons. The molecule has 0 aliphatic carbocycles. The number of hydrogen-bond acceptors (Lipinski definition) is 7. The summed E-state index contributed by atoms with van der Waals surface area (Å²) in [6.45, 7) is 3.96. The fourth-order valence-electron chi connectivity index (χ4n) is 2.26. The van der Waals surface area contributed by atoms with E-state index in [1.54, 1.807) is 30.3 Å². The first-order valence-electron chi connectivity index (χ1n) is 7.81. The average Bonchev–Trinajstić information content (AvgIpc) is 3.15. The van der Waals surface area contributed by atoms with Gasteiger partial charge in [0.15, 0.2) is 5.69 Å². The summed E-state index contributed by atoms with van der Waals surface area (Å²) in [7, 11) is 0. The molecule has 9 heteroatoms. The Morgan fingerprint density at radius 3 is 2.74 bits per heavy atom. The zero-order chi connectivity index (χ0) is 19.2. The molecule has 0 saturated heterocycles. The Hall–Kier alpha value is -4.01. The smallest absolute Gasteiger partial charge is 0.270 e. The van der Waals surface area contributed by atoms with Gasteiger partial charge in [-0.05, 0) is 40.6 Å². The molecule has 2 aromatic carbocycles. The second-order valence-corrected chi connectivity index (χ2v) is 5.35. The van der Waals surface area contributed by atoms with Crippen molar-refractivity contribution in [3.63, 3.8) is 0 Å². The number of carbonyl (C=O) groups excluding carboxylic acids is 1. The first-order valence-corrected chi connectivity index (χ1v) is 7.81. The predicted octanol–water partition coefficient (Wildman–Crippen LogP) is 3.46. The molecule has 0 aliphatic rings. The lowest BCUT2D eigenvalue weighted by atomic mass is 10.1. The van der Waals surface area contributed by atoms with Crippen LogP contribution < -0.4 is 10.1 Å². The third kappa shape index (κ3) is 4.15. The van der Waals surface area contributed by atoms with E-state index in [0.717, 1.165) is 0 Å². The van der Waals surface area contributed by atoms with Crippen molar-refractivity contribution in [1.29, 1.82) is 0 Å². The van der Waals surface area contributed by atoms with Crippen molar-refractivity contribution in [2.75, 3.05) is 11.9 Å². The molecule has 0 saturated carbocycles. The topological polar surface area (TPSA) is 120 Å². The molecule has 0 radical (unpaired) electrons. The Morgan fingerprint density at radius 2 is 2.04 bits per heavy atom. The fraction of sp³-hybridized carbons (Fsp3) is 0.0556. The molecule has 0 atom stereocenters. The minimum atomic E-state index is -0.574. The van der Waals surface area contributed by atoms with Crippen LogP contribution in [0, 0.1) is 10.1 Å². The number of amides is 1. The predicted molar refractivity (Wildman–Crippen MR) is 96.5 cm³/mol. The van der Waals surface area contributed by atoms with Crippen molar-refractivity contribution >= 4 is 17.4 Å². The number of benzene rings is 2. The normalized spacial score (nSPS) is 10.2. The van der Waals surface area contributed by atoms with Gasteiger partial charge in [-0.3, -0.25) is 14.9 Å². The summed E-state index contributed by atoms with van der Waals surface area (Å²) in [5.74, 6) is 0.185. The van der Waals surface area contributed by atoms with Crippen molar-refractivity contribution in [3.8, 4) is 17.0 Å². The van der Waals surface area contributed by atoms with E-state index >= 15 is 0 Å². The van der Waals surface area contributed by atoms with Gasteiger partial charge in [0, 0.05) is 23.3 Å². The van der Waals surface area contributed by atoms with Crippen molar-refractivity contribution in [3.05, 3.63) is 76.9 Å². The highest BCUT2D eigenvalue weighted by molar-refractivity contribution is 6.05. The summed E-state index contributed by atoms with van der Waals surface area (Å²) in [5, 5.41) is 20.9. The third-order valence-electron chi connectivity index (χ3n) is 3.54. The molecule has 0 aliphatic heterocycles. The first kappa shape index (κ1) is 17.8. The Morgan fingerprint density at radius 1 is 1.26 bits per heavy atom. The third-order valence-corrected chi connectivity index (χ3v) is 3.54. The Kier molecular flexibility index (Phi) is 5.22. The van der Waals surface area contributed by atoms with Crippen LogP contribution in [0.4, 0.5) is 11.5 Å². The van der Waals surface area contributed by atoms with Crippen LogP contribution in [-0.2, 0) is 0 Å². The van der Waals surface area contributed by atoms with Gasteiger partial charge in [0.1, 0.15) is 12.4 Å². The second-order valence-electron chi connectivity index (χ2n) is 5.35. The number of carbonyl (C=O) groups is 1. The van der Waals surface area contributed by atoms with Crippen molar-refractivity contribution < 1.29 is 19.1 Å². The van der Waals surface area contributed by atoms with Gasteiger partial charge in [-0.25, -0.2) is 4.63 Å². The molecular weight excluding hydrogens is 352 g/mol. The van der Waals surface area contributed by atoms with Gasteiger partial charge in [-0.1, -0.05) is 18.7 Å². The molecule has 0 bridgehead atoms. The zero-order valence-corrected chi connectivity index (χ0v) is 14.0. The maximum atomic E-state index is 12.4. The molecule has 1 heterocycles. The van der Waals surface area contributed by atoms with Crippen molar-refractivity contribution in [2.24, 2.45) is 0 Å². The minimum absolute atomic E-state index is 0.103. The largest absolute Gasteiger partial charge is 0.490 e. The number of nitrogens with zero attached hydrogens (tertiary/aromatic N) is 3. The summed E-state index contributed by atoms with van der Waals surface area (Å²) in [6, 6.07) is 12.3. The van der Waals surface area contributed by atoms with Gasteiger partial charge in [-0.2, -0.15) is 0 Å². The molecular formula is C18H14N4O5. The average molecular weight is 366 g/mol. The quantitative estimate of drug-likeness (QED) is 0.386. The monoisotopic (exact) mass is 366 g/mol. The number of nitro benzene ring substituents is 1. The van der Waals surface area contributed by atoms with Crippen LogP contribution in [0.5, 0.6) is 5.75 Å². The summed E-state index contributed by atoms with van der Waals surface area (Å²) in [5.41, 5.74) is 0.906. The molecule has 1 amide bonds. The van der Waals surface area contributed by atoms with Gasteiger partial charge >= 0.3 is 0 Å². The number of hydrogen-bond donors (Lipinski definition) is 1. The van der Waals surface area contributed by atoms with Crippen LogP contribution in [0.25, 0.3) is 11.3 Å². The standard InChI is InChI=1S/C18H14N4O5/c1-2-10-26-15-8-6-12(7-9-15)16-17(21-27-20-16)19-18(23)13-4-3-5-14(11-13)22(24)25/h2-9,11H,1,10H2,(H,19,21,23). The molecule has 27 heavy (non-hydrogen) atoms. The highest BCUT2D eigenvalue weighted by Crippen LogP contribution is 2.27. The maximum absolute atomic E-state index is 12.4. The Bertz CT molecular complexity index is 981. The minimum Gasteiger partial charge on any atom is -0.490 e. The SMILES string of the molecule is C=CCOc1ccc(-c2nonc2NC(=O)c2cccc([N+](=O)[O-])c2)cc1. The fourth-order valence-corrected chi connectivity index (χ4v) is 2.26. The first-order chi connectivity index (χ1) is 13.1. The second kappa shape index (κ2) is 7.91. The van der Waals surface area contributed by atoms with Gasteiger partial charge in [0.25, 0.3) is 11.6 Å². The highest BCUT2D eigenvalue weighted by atomic mass is 16.6. The van der Waals surface area contributed by atoms with Crippen LogP contribution in [-0.4, -0.2) is 27.8 Å². The van der Waals surface area contributed by atoms with Gasteiger partial charge in [-0.15, -0.1) is 0 Å². The van der Waals surface area contributed by atoms with Crippen LogP contribution >= 0.6 is 0 Å². The van der Waals surface area contributed by atoms with Gasteiger partial charge in [0.2, 0.25) is 5.82 Å². The lowest BCUT2D eigenvalue weighted by molar-refractivity contribution is -0.384. The summed E-state index contributed by atoms with van der Waals surface area (Å²) in [4.78, 5) is 22.6. The molecule has 0 spiro atoms. The van der Waals surface area contributed by atoms with E-state index in [-0.39, 0.29) is 17.1 Å². The van der Waals surface area contributed by atoms with Gasteiger partial charge < -0.3 is 10.1 Å². The van der Waals surface area contributed by atoms with Gasteiger partial charge in [0.05, 0.1) is 4.92 Å². The Balaban J connectivity index is 1.79. The van der Waals surface area contributed by atoms with E-state index in [2.05, 4.69) is 22.2 Å². The van der Waals surface area contributed by atoms with Crippen molar-refractivity contribution in [1.82, 2.24) is 10.3 Å². The maximum Gasteiger partial charge on any atom is 0.270 e. The van der Waals surface area contributed by atoms with E-state index in [9.17, 15) is 14.9 Å². The van der Waals surface area contributed by atoms with E-state index in [1.807, 2.05) is 0 Å². The van der Waals surface area contributed by atoms with Crippen LogP contribution in [0.15, 0.2) is 65.8 Å². The number of ether oxygens (including phenoxy) is 1. The van der Waals surface area contributed by atoms with E-state index in [1.165, 1.54) is 24.3 Å². The lowest BCUT2D eigenvalue weighted by Crippen LogP contribution is -2.13. The number of aromatic nitrogens is 2. The van der Waals surface area contributed by atoms with E-state index in [4.69, 9.17) is 9.37 Å². The number of nitro groups is 1. The number of non-ortho nitro benzene ring substituents is 1. The summed E-state index contributed by atoms with van der Waals surface area (Å²) < 4.78 is 10.1. The Labute approximate surface area is 153 Å². The molecule has 1 aromatic heterocycles. The lowest BCUT2D eigenvalue weighted by Gasteiger charge is -2.05. The summed E-state index contributed by atoms with van der Waals surface area (Å²) >= 11 is 0. The number of nitrogens with one attached hydrogen (secondary N) is 1. The molecule has 0 unspecified atom stereocenters. The number of rotatable bonds is 7. The number of anilines is 1. The molecule has 1 N–H and O–H groups in total. The highest BCUT2D eigenvalue weighted by Gasteiger charge is 2.17. The molecule has 9 nitrogen and oxygen atoms in total. The van der Waals surface area contributed by atoms with E-state index in [0.29, 0.717) is 23.6 Å². The van der Waals surface area contributed by atoms with E-state index < -0.39 is 10.8 Å². The molecule has 3 rings (SSSR count). The van der Waals surface area contributed by atoms with Crippen LogP contribution in [0.2, 0.25) is 0 Å².